The molecule has 0 atom stereocenters. The number of rotatable bonds is 6. The minimum atomic E-state index is -0.343. The van der Waals surface area contributed by atoms with E-state index in [9.17, 15) is 14.0 Å². The van der Waals surface area contributed by atoms with Crippen molar-refractivity contribution in [1.82, 2.24) is 9.55 Å². The highest BCUT2D eigenvalue weighted by Gasteiger charge is 2.20. The van der Waals surface area contributed by atoms with E-state index in [0.29, 0.717) is 27.6 Å². The number of fused-ring (bicyclic) bond motifs is 1. The van der Waals surface area contributed by atoms with Gasteiger partial charge in [0.05, 0.1) is 17.4 Å². The molecule has 1 amide bonds. The number of anilines is 2. The highest BCUT2D eigenvalue weighted by Crippen LogP contribution is 2.29. The van der Waals surface area contributed by atoms with E-state index < -0.39 is 0 Å². The first-order valence-electron chi connectivity index (χ1n) is 10.3. The van der Waals surface area contributed by atoms with Gasteiger partial charge in [-0.15, -0.1) is 11.3 Å². The Morgan fingerprint density at radius 3 is 2.87 bits per heavy atom. The number of benzene rings is 1. The summed E-state index contributed by atoms with van der Waals surface area (Å²) in [6, 6.07) is 6.90. The van der Waals surface area contributed by atoms with Gasteiger partial charge in [0.25, 0.3) is 5.56 Å². The Hall–Kier alpha value is -2.74. The second-order valence-electron chi connectivity index (χ2n) is 7.75. The highest BCUT2D eigenvalue weighted by atomic mass is 32.1. The molecule has 158 valence electrons. The molecule has 2 aromatic heterocycles. The molecule has 2 heterocycles. The van der Waals surface area contributed by atoms with Crippen LogP contribution < -0.4 is 15.8 Å². The maximum atomic E-state index is 14.7. The van der Waals surface area contributed by atoms with Crippen LogP contribution in [0.4, 0.5) is 15.8 Å². The Morgan fingerprint density at radius 2 is 2.10 bits per heavy atom. The summed E-state index contributed by atoms with van der Waals surface area (Å²) in [4.78, 5) is 31.6. The van der Waals surface area contributed by atoms with Gasteiger partial charge in [-0.1, -0.05) is 19.3 Å². The third kappa shape index (κ3) is 4.38. The van der Waals surface area contributed by atoms with Crippen molar-refractivity contribution in [3.05, 3.63) is 52.1 Å². The maximum Gasteiger partial charge on any atom is 0.262 e. The van der Waals surface area contributed by atoms with Crippen LogP contribution in [-0.4, -0.2) is 28.5 Å². The van der Waals surface area contributed by atoms with Crippen molar-refractivity contribution in [3.8, 4) is 0 Å². The fourth-order valence-electron chi connectivity index (χ4n) is 4.03. The predicted octanol–water partition coefficient (Wildman–Crippen LogP) is 4.39. The van der Waals surface area contributed by atoms with Crippen molar-refractivity contribution in [1.29, 1.82) is 0 Å². The molecule has 1 saturated carbocycles. The summed E-state index contributed by atoms with van der Waals surface area (Å²) in [5, 5.41) is 5.10. The zero-order valence-electron chi connectivity index (χ0n) is 16.9. The number of aryl methyl sites for hydroxylation is 1. The molecule has 1 fully saturated rings. The van der Waals surface area contributed by atoms with Crippen LogP contribution in [0.1, 0.15) is 38.5 Å². The number of thiophene rings is 1. The number of nitrogens with zero attached hydrogens (tertiary/aromatic N) is 3. The Balaban J connectivity index is 1.37. The van der Waals surface area contributed by atoms with Gasteiger partial charge in [0.2, 0.25) is 5.91 Å². The molecule has 1 N–H and O–H groups in total. The van der Waals surface area contributed by atoms with Crippen LogP contribution in [-0.2, 0) is 11.3 Å². The Labute approximate surface area is 178 Å². The number of nitrogens with one attached hydrogen (secondary N) is 1. The lowest BCUT2D eigenvalue weighted by molar-refractivity contribution is -0.116. The Kier molecular flexibility index (Phi) is 6.13. The molecule has 0 radical (unpaired) electrons. The molecule has 0 unspecified atom stereocenters. The number of halogens is 1. The van der Waals surface area contributed by atoms with Gasteiger partial charge in [-0.2, -0.15) is 0 Å². The summed E-state index contributed by atoms with van der Waals surface area (Å²) >= 11 is 1.41. The molecule has 0 saturated heterocycles. The summed E-state index contributed by atoms with van der Waals surface area (Å²) in [6.07, 6.45) is 7.35. The van der Waals surface area contributed by atoms with Crippen molar-refractivity contribution < 1.29 is 9.18 Å². The second-order valence-corrected chi connectivity index (χ2v) is 8.64. The largest absolute Gasteiger partial charge is 0.369 e. The summed E-state index contributed by atoms with van der Waals surface area (Å²) in [5.41, 5.74) is 0.814. The summed E-state index contributed by atoms with van der Waals surface area (Å²) < 4.78 is 16.1. The lowest BCUT2D eigenvalue weighted by atomic mass is 9.94. The molecule has 1 aromatic carbocycles. The molecule has 0 bridgehead atoms. The number of carbonyl (C=O) groups excluding carboxylic acids is 1. The van der Waals surface area contributed by atoms with Crippen LogP contribution in [0.25, 0.3) is 10.2 Å². The first-order chi connectivity index (χ1) is 14.5. The van der Waals surface area contributed by atoms with Crippen LogP contribution >= 0.6 is 11.3 Å². The SMILES string of the molecule is CN(c1ccc(NC(=O)CCn2cnc3sccc3c2=O)cc1F)C1CCCCC1. The van der Waals surface area contributed by atoms with Gasteiger partial charge in [-0.3, -0.25) is 14.2 Å². The molecule has 8 heteroatoms. The average molecular weight is 429 g/mol. The lowest BCUT2D eigenvalue weighted by Crippen LogP contribution is -2.33. The van der Waals surface area contributed by atoms with Gasteiger partial charge in [-0.25, -0.2) is 9.37 Å². The smallest absolute Gasteiger partial charge is 0.262 e. The molecule has 1 aliphatic rings. The van der Waals surface area contributed by atoms with Gasteiger partial charge in [0.15, 0.2) is 0 Å². The van der Waals surface area contributed by atoms with Crippen LogP contribution in [0, 0.1) is 5.82 Å². The molecule has 1 aliphatic carbocycles. The van der Waals surface area contributed by atoms with Crippen LogP contribution in [0.15, 0.2) is 40.8 Å². The summed E-state index contributed by atoms with van der Waals surface area (Å²) in [6.45, 7) is 0.217. The Bertz CT molecular complexity index is 1100. The number of carbonyl (C=O) groups is 1. The van der Waals surface area contributed by atoms with Crippen molar-refractivity contribution in [2.45, 2.75) is 51.1 Å². The number of hydrogen-bond acceptors (Lipinski definition) is 5. The van der Waals surface area contributed by atoms with Crippen molar-refractivity contribution in [2.75, 3.05) is 17.3 Å². The normalized spacial score (nSPS) is 14.7. The first kappa shape index (κ1) is 20.5. The van der Waals surface area contributed by atoms with E-state index in [-0.39, 0.29) is 30.2 Å². The first-order valence-corrected chi connectivity index (χ1v) is 11.2. The van der Waals surface area contributed by atoms with Crippen molar-refractivity contribution >= 4 is 38.8 Å². The third-order valence-corrected chi connectivity index (χ3v) is 6.58. The Morgan fingerprint density at radius 1 is 1.30 bits per heavy atom. The number of amides is 1. The van der Waals surface area contributed by atoms with Crippen molar-refractivity contribution in [3.63, 3.8) is 0 Å². The lowest BCUT2D eigenvalue weighted by Gasteiger charge is -2.33. The number of aromatic nitrogens is 2. The van der Waals surface area contributed by atoms with E-state index in [1.54, 1.807) is 18.2 Å². The van der Waals surface area contributed by atoms with Crippen LogP contribution in [0.5, 0.6) is 0 Å². The maximum absolute atomic E-state index is 14.7. The predicted molar refractivity (Wildman–Crippen MR) is 119 cm³/mol. The minimum Gasteiger partial charge on any atom is -0.369 e. The van der Waals surface area contributed by atoms with Gasteiger partial charge in [0, 0.05) is 31.7 Å². The summed E-state index contributed by atoms with van der Waals surface area (Å²) in [5.74, 6) is -0.621. The highest BCUT2D eigenvalue weighted by molar-refractivity contribution is 7.16. The van der Waals surface area contributed by atoms with Crippen LogP contribution in [0.3, 0.4) is 0 Å². The van der Waals surface area contributed by atoms with Gasteiger partial charge < -0.3 is 10.2 Å². The average Bonchev–Trinajstić information content (AvgIpc) is 3.23. The van der Waals surface area contributed by atoms with E-state index in [1.807, 2.05) is 17.3 Å². The monoisotopic (exact) mass is 428 g/mol. The molecule has 6 nitrogen and oxygen atoms in total. The van der Waals surface area contributed by atoms with Gasteiger partial charge in [0.1, 0.15) is 10.6 Å². The van der Waals surface area contributed by atoms with E-state index in [4.69, 9.17) is 0 Å². The standard InChI is InChI=1S/C22H25FN4O2S/c1-26(16-5-3-2-4-6-16)19-8-7-15(13-18(19)23)25-20(28)9-11-27-14-24-21-17(22(27)29)10-12-30-21/h7-8,10,12-14,16H,2-6,9,11H2,1H3,(H,25,28). The topological polar surface area (TPSA) is 67.2 Å². The quantitative estimate of drug-likeness (QED) is 0.632. The fraction of sp³-hybridized carbons (Fsp3) is 0.409. The van der Waals surface area contributed by atoms with Gasteiger partial charge in [-0.05, 0) is 42.5 Å². The zero-order valence-corrected chi connectivity index (χ0v) is 17.8. The minimum absolute atomic E-state index is 0.0998. The molecule has 30 heavy (non-hydrogen) atoms. The third-order valence-electron chi connectivity index (χ3n) is 5.76. The molecule has 0 spiro atoms. The van der Waals surface area contributed by atoms with E-state index in [0.717, 1.165) is 12.8 Å². The molecular formula is C22H25FN4O2S. The van der Waals surface area contributed by atoms with Crippen LogP contribution in [0.2, 0.25) is 0 Å². The summed E-state index contributed by atoms with van der Waals surface area (Å²) in [7, 11) is 1.93. The molecule has 0 aliphatic heterocycles. The fourth-order valence-corrected chi connectivity index (χ4v) is 4.76. The van der Waals surface area contributed by atoms with E-state index >= 15 is 0 Å². The molecule has 4 rings (SSSR count). The second kappa shape index (κ2) is 8.95. The zero-order chi connectivity index (χ0) is 21.1. The van der Waals surface area contributed by atoms with E-state index in [1.165, 1.54) is 47.6 Å². The van der Waals surface area contributed by atoms with E-state index in [2.05, 4.69) is 10.3 Å². The molecular weight excluding hydrogens is 403 g/mol. The number of hydrogen-bond donors (Lipinski definition) is 1. The van der Waals surface area contributed by atoms with Gasteiger partial charge >= 0.3 is 0 Å². The van der Waals surface area contributed by atoms with Crippen molar-refractivity contribution in [2.24, 2.45) is 0 Å². The molecule has 3 aromatic rings.